The topological polar surface area (TPSA) is 66.4 Å². The SMILES string of the molecule is C=C(C)N1CCN(c2ccc(CNc3ccc(OCc4ccc(C(F)F)nc4)nn3)c(C(F)(F)F)c2)CC1. The molecule has 1 aliphatic heterocycles. The number of rotatable bonds is 9. The molecule has 0 atom stereocenters. The molecule has 0 spiro atoms. The molecule has 0 unspecified atom stereocenters. The monoisotopic (exact) mass is 534 g/mol. The van der Waals surface area contributed by atoms with Gasteiger partial charge < -0.3 is 19.9 Å². The van der Waals surface area contributed by atoms with Gasteiger partial charge in [0.05, 0.1) is 5.56 Å². The average molecular weight is 535 g/mol. The zero-order valence-corrected chi connectivity index (χ0v) is 20.7. The Bertz CT molecular complexity index is 1230. The van der Waals surface area contributed by atoms with Gasteiger partial charge in [-0.3, -0.25) is 4.98 Å². The first-order chi connectivity index (χ1) is 18.1. The van der Waals surface area contributed by atoms with Crippen LogP contribution in [0.3, 0.4) is 0 Å². The van der Waals surface area contributed by atoms with Crippen molar-refractivity contribution in [1.29, 1.82) is 0 Å². The highest BCUT2D eigenvalue weighted by Crippen LogP contribution is 2.35. The molecule has 0 amide bonds. The number of nitrogens with zero attached hydrogens (tertiary/aromatic N) is 5. The van der Waals surface area contributed by atoms with Crippen LogP contribution in [0.5, 0.6) is 5.88 Å². The maximum Gasteiger partial charge on any atom is 0.416 e. The summed E-state index contributed by atoms with van der Waals surface area (Å²) in [6, 6.07) is 10.1. The average Bonchev–Trinajstić information content (AvgIpc) is 2.91. The van der Waals surface area contributed by atoms with Crippen molar-refractivity contribution < 1.29 is 26.7 Å². The standard InChI is InChI=1S/C26H27F5N6O/c1-17(2)36-9-11-37(12-10-36)20-5-4-19(21(13-20)26(29,30)31)15-33-23-7-8-24(35-34-23)38-16-18-3-6-22(25(27)28)32-14-18/h3-8,13-14,25H,1,9-12,15-16H2,2H3,(H,33,34). The van der Waals surface area contributed by atoms with Gasteiger partial charge in [-0.2, -0.15) is 13.2 Å². The molecule has 3 aromatic rings. The van der Waals surface area contributed by atoms with E-state index in [1.807, 2.05) is 11.8 Å². The normalized spacial score (nSPS) is 14.1. The Kier molecular flexibility index (Phi) is 8.28. The first kappa shape index (κ1) is 27.1. The van der Waals surface area contributed by atoms with Gasteiger partial charge in [-0.15, -0.1) is 10.2 Å². The summed E-state index contributed by atoms with van der Waals surface area (Å²) in [5.41, 5.74) is 1.10. The number of allylic oxidation sites excluding steroid dienone is 1. The Labute approximate surface area is 217 Å². The molecule has 202 valence electrons. The van der Waals surface area contributed by atoms with Gasteiger partial charge >= 0.3 is 6.18 Å². The second-order valence-electron chi connectivity index (χ2n) is 8.84. The quantitative estimate of drug-likeness (QED) is 0.355. The van der Waals surface area contributed by atoms with Gasteiger partial charge in [0.15, 0.2) is 0 Å². The van der Waals surface area contributed by atoms with Crippen molar-refractivity contribution in [2.75, 3.05) is 36.4 Å². The fourth-order valence-electron chi connectivity index (χ4n) is 4.01. The number of aromatic nitrogens is 3. The van der Waals surface area contributed by atoms with Crippen molar-refractivity contribution in [1.82, 2.24) is 20.1 Å². The van der Waals surface area contributed by atoms with Crippen LogP contribution in [-0.2, 0) is 19.3 Å². The van der Waals surface area contributed by atoms with Crippen LogP contribution in [0, 0.1) is 0 Å². The number of piperazine rings is 1. The maximum absolute atomic E-state index is 13.9. The first-order valence-corrected chi connectivity index (χ1v) is 11.9. The van der Waals surface area contributed by atoms with Gasteiger partial charge in [0.25, 0.3) is 6.43 Å². The van der Waals surface area contributed by atoms with E-state index in [-0.39, 0.29) is 36.1 Å². The third kappa shape index (κ3) is 6.87. The van der Waals surface area contributed by atoms with Crippen LogP contribution in [0.4, 0.5) is 33.5 Å². The fraction of sp³-hybridized carbons (Fsp3) is 0.346. The molecule has 1 fully saturated rings. The summed E-state index contributed by atoms with van der Waals surface area (Å²) in [5, 5.41) is 10.7. The highest BCUT2D eigenvalue weighted by Gasteiger charge is 2.34. The summed E-state index contributed by atoms with van der Waals surface area (Å²) in [6.45, 7) is 8.43. The molecule has 1 N–H and O–H groups in total. The lowest BCUT2D eigenvalue weighted by Gasteiger charge is -2.37. The third-order valence-electron chi connectivity index (χ3n) is 6.14. The smallest absolute Gasteiger partial charge is 0.416 e. The molecule has 0 saturated carbocycles. The largest absolute Gasteiger partial charge is 0.472 e. The summed E-state index contributed by atoms with van der Waals surface area (Å²) >= 11 is 0. The molecular weight excluding hydrogens is 507 g/mol. The van der Waals surface area contributed by atoms with Crippen LogP contribution >= 0.6 is 0 Å². The molecule has 3 heterocycles. The Hall–Kier alpha value is -3.96. The Balaban J connectivity index is 1.36. The molecule has 1 aliphatic rings. The van der Waals surface area contributed by atoms with E-state index in [9.17, 15) is 22.0 Å². The minimum Gasteiger partial charge on any atom is -0.472 e. The number of ether oxygens (including phenoxy) is 1. The lowest BCUT2D eigenvalue weighted by molar-refractivity contribution is -0.138. The van der Waals surface area contributed by atoms with Gasteiger partial charge in [-0.1, -0.05) is 18.7 Å². The van der Waals surface area contributed by atoms with Crippen molar-refractivity contribution in [3.05, 3.63) is 83.3 Å². The maximum atomic E-state index is 13.9. The molecule has 1 aromatic carbocycles. The number of alkyl halides is 5. The van der Waals surface area contributed by atoms with Crippen LogP contribution < -0.4 is 15.0 Å². The zero-order valence-electron chi connectivity index (χ0n) is 20.7. The van der Waals surface area contributed by atoms with Crippen LogP contribution in [-0.4, -0.2) is 46.3 Å². The van der Waals surface area contributed by atoms with Crippen LogP contribution in [0.25, 0.3) is 0 Å². The third-order valence-corrected chi connectivity index (χ3v) is 6.14. The van der Waals surface area contributed by atoms with E-state index in [2.05, 4.69) is 32.0 Å². The minimum absolute atomic E-state index is 0.0432. The number of hydrogen-bond acceptors (Lipinski definition) is 7. The molecule has 0 radical (unpaired) electrons. The lowest BCUT2D eigenvalue weighted by atomic mass is 10.0. The molecule has 4 rings (SSSR count). The summed E-state index contributed by atoms with van der Waals surface area (Å²) in [6.07, 6.45) is -5.88. The van der Waals surface area contributed by atoms with Gasteiger partial charge in [-0.25, -0.2) is 8.78 Å². The van der Waals surface area contributed by atoms with Crippen LogP contribution in [0.15, 0.2) is 60.9 Å². The van der Waals surface area contributed by atoms with Gasteiger partial charge in [0, 0.05) is 61.9 Å². The first-order valence-electron chi connectivity index (χ1n) is 11.9. The van der Waals surface area contributed by atoms with Gasteiger partial charge in [-0.05, 0) is 36.8 Å². The Morgan fingerprint density at radius 3 is 2.39 bits per heavy atom. The number of benzene rings is 1. The predicted octanol–water partition coefficient (Wildman–Crippen LogP) is 5.67. The van der Waals surface area contributed by atoms with E-state index >= 15 is 0 Å². The number of pyridine rings is 1. The molecule has 0 bridgehead atoms. The zero-order chi connectivity index (χ0) is 27.3. The molecular formula is C26H27F5N6O. The molecule has 38 heavy (non-hydrogen) atoms. The predicted molar refractivity (Wildman–Crippen MR) is 133 cm³/mol. The fourth-order valence-corrected chi connectivity index (χ4v) is 4.01. The molecule has 2 aromatic heterocycles. The molecule has 0 aliphatic carbocycles. The molecule has 7 nitrogen and oxygen atoms in total. The van der Waals surface area contributed by atoms with E-state index < -0.39 is 18.2 Å². The number of nitrogens with one attached hydrogen (secondary N) is 1. The number of anilines is 2. The van der Waals surface area contributed by atoms with E-state index in [1.54, 1.807) is 6.07 Å². The summed E-state index contributed by atoms with van der Waals surface area (Å²) < 4.78 is 72.3. The number of hydrogen-bond donors (Lipinski definition) is 1. The van der Waals surface area contributed by atoms with Crippen molar-refractivity contribution in [2.24, 2.45) is 0 Å². The van der Waals surface area contributed by atoms with Crippen molar-refractivity contribution in [3.63, 3.8) is 0 Å². The van der Waals surface area contributed by atoms with Crippen LogP contribution in [0.1, 0.15) is 35.7 Å². The Morgan fingerprint density at radius 1 is 1.05 bits per heavy atom. The second kappa shape index (κ2) is 11.6. The minimum atomic E-state index is -4.52. The van der Waals surface area contributed by atoms with Gasteiger partial charge in [0.1, 0.15) is 18.1 Å². The van der Waals surface area contributed by atoms with E-state index in [0.29, 0.717) is 37.4 Å². The highest BCUT2D eigenvalue weighted by atomic mass is 19.4. The summed E-state index contributed by atoms with van der Waals surface area (Å²) in [4.78, 5) is 7.72. The van der Waals surface area contributed by atoms with Crippen molar-refractivity contribution >= 4 is 11.5 Å². The van der Waals surface area contributed by atoms with E-state index in [4.69, 9.17) is 4.74 Å². The Morgan fingerprint density at radius 2 is 1.82 bits per heavy atom. The number of halogens is 5. The highest BCUT2D eigenvalue weighted by molar-refractivity contribution is 5.53. The summed E-state index contributed by atoms with van der Waals surface area (Å²) in [5.74, 6) is 0.439. The second-order valence-corrected chi connectivity index (χ2v) is 8.84. The van der Waals surface area contributed by atoms with E-state index in [0.717, 1.165) is 5.70 Å². The van der Waals surface area contributed by atoms with Crippen molar-refractivity contribution in [3.8, 4) is 5.88 Å². The van der Waals surface area contributed by atoms with E-state index in [1.165, 1.54) is 42.6 Å². The van der Waals surface area contributed by atoms with Gasteiger partial charge in [0.2, 0.25) is 5.88 Å². The van der Waals surface area contributed by atoms with Crippen LogP contribution in [0.2, 0.25) is 0 Å². The van der Waals surface area contributed by atoms with Crippen molar-refractivity contribution in [2.45, 2.75) is 32.7 Å². The molecule has 12 heteroatoms. The molecule has 1 saturated heterocycles. The lowest BCUT2D eigenvalue weighted by Crippen LogP contribution is -2.45. The summed E-state index contributed by atoms with van der Waals surface area (Å²) in [7, 11) is 0.